The predicted molar refractivity (Wildman–Crippen MR) is 82.5 cm³/mol. The molecule has 110 valence electrons. The molecule has 0 radical (unpaired) electrons. The Morgan fingerprint density at radius 2 is 2.29 bits per heavy atom. The Balaban J connectivity index is 1.95. The lowest BCUT2D eigenvalue weighted by Gasteiger charge is -2.31. The van der Waals surface area contributed by atoms with E-state index >= 15 is 0 Å². The monoisotopic (exact) mass is 286 g/mol. The molecule has 1 aromatic heterocycles. The zero-order valence-electron chi connectivity index (χ0n) is 12.0. The van der Waals surface area contributed by atoms with Gasteiger partial charge in [0.1, 0.15) is 5.52 Å². The van der Waals surface area contributed by atoms with Crippen molar-refractivity contribution in [3.05, 3.63) is 40.6 Å². The van der Waals surface area contributed by atoms with E-state index in [0.29, 0.717) is 11.6 Å². The number of hydrogen-bond acceptors (Lipinski definition) is 5. The highest BCUT2D eigenvalue weighted by Crippen LogP contribution is 2.29. The van der Waals surface area contributed by atoms with Crippen molar-refractivity contribution < 1.29 is 4.92 Å². The molecule has 2 aromatic rings. The van der Waals surface area contributed by atoms with Gasteiger partial charge in [-0.2, -0.15) is 0 Å². The molecule has 21 heavy (non-hydrogen) atoms. The number of likely N-dealkylation sites (N-methyl/N-ethyl adjacent to an activating group) is 1. The van der Waals surface area contributed by atoms with Gasteiger partial charge in [0.05, 0.1) is 4.92 Å². The van der Waals surface area contributed by atoms with Gasteiger partial charge in [-0.25, -0.2) is 4.98 Å². The quantitative estimate of drug-likeness (QED) is 0.693. The minimum atomic E-state index is -0.381. The molecule has 3 rings (SSSR count). The van der Waals surface area contributed by atoms with Gasteiger partial charge in [0, 0.05) is 35.9 Å². The lowest BCUT2D eigenvalue weighted by Crippen LogP contribution is -2.39. The molecule has 1 N–H and O–H groups in total. The smallest absolute Gasteiger partial charge is 0.295 e. The summed E-state index contributed by atoms with van der Waals surface area (Å²) in [5.74, 6) is 0. The third-order valence-corrected chi connectivity index (χ3v) is 3.93. The summed E-state index contributed by atoms with van der Waals surface area (Å²) in [6.45, 7) is 2.11. The number of fused-ring (bicyclic) bond motifs is 1. The van der Waals surface area contributed by atoms with Crippen LogP contribution < -0.4 is 5.32 Å². The Labute approximate surface area is 122 Å². The number of non-ortho nitro benzene ring substituents is 1. The van der Waals surface area contributed by atoms with Gasteiger partial charge in [0.2, 0.25) is 0 Å². The number of aromatic nitrogens is 1. The molecule has 0 spiro atoms. The summed E-state index contributed by atoms with van der Waals surface area (Å²) in [6.07, 6.45) is 3.91. The van der Waals surface area contributed by atoms with Crippen molar-refractivity contribution in [2.45, 2.75) is 18.9 Å². The van der Waals surface area contributed by atoms with E-state index in [0.717, 1.165) is 37.0 Å². The molecule has 0 saturated carbocycles. The summed E-state index contributed by atoms with van der Waals surface area (Å²) >= 11 is 0. The Morgan fingerprint density at radius 1 is 1.43 bits per heavy atom. The maximum Gasteiger partial charge on any atom is 0.295 e. The second-order valence-electron chi connectivity index (χ2n) is 5.53. The summed E-state index contributed by atoms with van der Waals surface area (Å²) in [5.41, 5.74) is 1.41. The number of benzene rings is 1. The van der Waals surface area contributed by atoms with Crippen LogP contribution in [0, 0.1) is 10.1 Å². The van der Waals surface area contributed by atoms with Gasteiger partial charge in [-0.3, -0.25) is 10.1 Å². The molecule has 1 aromatic carbocycles. The second kappa shape index (κ2) is 5.65. The molecular weight excluding hydrogens is 268 g/mol. The fraction of sp³-hybridized carbons (Fsp3) is 0.400. The Bertz CT molecular complexity index is 674. The summed E-state index contributed by atoms with van der Waals surface area (Å²) < 4.78 is 0. The first kappa shape index (κ1) is 13.8. The SMILES string of the molecule is CN1CCCC(Nc2ccnc3c([N+](=O)[O-])cccc23)C1. The molecule has 6 nitrogen and oxygen atoms in total. The number of pyridine rings is 1. The van der Waals surface area contributed by atoms with Crippen molar-refractivity contribution >= 4 is 22.3 Å². The molecule has 6 heteroatoms. The van der Waals surface area contributed by atoms with Crippen LogP contribution in [0.3, 0.4) is 0 Å². The molecule has 1 saturated heterocycles. The molecule has 0 amide bonds. The largest absolute Gasteiger partial charge is 0.380 e. The van der Waals surface area contributed by atoms with Gasteiger partial charge < -0.3 is 10.2 Å². The predicted octanol–water partition coefficient (Wildman–Crippen LogP) is 2.65. The highest BCUT2D eigenvalue weighted by atomic mass is 16.6. The number of nitrogens with zero attached hydrogens (tertiary/aromatic N) is 3. The summed E-state index contributed by atoms with van der Waals surface area (Å²) in [4.78, 5) is 17.2. The van der Waals surface area contributed by atoms with Crippen LogP contribution in [-0.2, 0) is 0 Å². The van der Waals surface area contributed by atoms with E-state index in [9.17, 15) is 10.1 Å². The van der Waals surface area contributed by atoms with Crippen LogP contribution in [-0.4, -0.2) is 41.0 Å². The van der Waals surface area contributed by atoms with Crippen LogP contribution in [0.4, 0.5) is 11.4 Å². The van der Waals surface area contributed by atoms with Gasteiger partial charge >= 0.3 is 0 Å². The zero-order valence-corrected chi connectivity index (χ0v) is 12.0. The summed E-state index contributed by atoms with van der Waals surface area (Å²) in [6, 6.07) is 7.34. The minimum absolute atomic E-state index is 0.0527. The lowest BCUT2D eigenvalue weighted by molar-refractivity contribution is -0.383. The zero-order chi connectivity index (χ0) is 14.8. The fourth-order valence-electron chi connectivity index (χ4n) is 2.94. The number of para-hydroxylation sites is 1. The Kier molecular flexibility index (Phi) is 3.70. The topological polar surface area (TPSA) is 71.3 Å². The second-order valence-corrected chi connectivity index (χ2v) is 5.53. The third-order valence-electron chi connectivity index (χ3n) is 3.93. The molecule has 0 bridgehead atoms. The number of likely N-dealkylation sites (tertiary alicyclic amines) is 1. The number of nitrogens with one attached hydrogen (secondary N) is 1. The van der Waals surface area contributed by atoms with Crippen LogP contribution in [0.15, 0.2) is 30.5 Å². The van der Waals surface area contributed by atoms with Gasteiger partial charge in [-0.1, -0.05) is 12.1 Å². The van der Waals surface area contributed by atoms with E-state index in [4.69, 9.17) is 0 Å². The normalized spacial score (nSPS) is 19.6. The first-order valence-electron chi connectivity index (χ1n) is 7.12. The number of nitro groups is 1. The molecular formula is C15H18N4O2. The standard InChI is InChI=1S/C15H18N4O2/c1-18-9-3-4-11(10-18)17-13-7-8-16-15-12(13)5-2-6-14(15)19(20)21/h2,5-8,11H,3-4,9-10H2,1H3,(H,16,17). The molecule has 1 fully saturated rings. The van der Waals surface area contributed by atoms with Crippen LogP contribution in [0.1, 0.15) is 12.8 Å². The number of piperidine rings is 1. The first-order valence-corrected chi connectivity index (χ1v) is 7.12. The van der Waals surface area contributed by atoms with Crippen molar-refractivity contribution in [1.29, 1.82) is 0 Å². The Hall–Kier alpha value is -2.21. The van der Waals surface area contributed by atoms with Crippen LogP contribution in [0.5, 0.6) is 0 Å². The number of rotatable bonds is 3. The van der Waals surface area contributed by atoms with E-state index in [1.807, 2.05) is 12.1 Å². The number of hydrogen-bond donors (Lipinski definition) is 1. The molecule has 1 unspecified atom stereocenters. The van der Waals surface area contributed by atoms with E-state index in [2.05, 4.69) is 22.2 Å². The van der Waals surface area contributed by atoms with E-state index in [-0.39, 0.29) is 10.6 Å². The first-order chi connectivity index (χ1) is 10.1. The highest BCUT2D eigenvalue weighted by molar-refractivity contribution is 5.96. The van der Waals surface area contributed by atoms with Crippen LogP contribution >= 0.6 is 0 Å². The van der Waals surface area contributed by atoms with Gasteiger partial charge in [-0.15, -0.1) is 0 Å². The molecule has 2 heterocycles. The average molecular weight is 286 g/mol. The summed E-state index contributed by atoms with van der Waals surface area (Å²) in [7, 11) is 2.11. The molecule has 1 atom stereocenters. The van der Waals surface area contributed by atoms with Crippen molar-refractivity contribution in [2.24, 2.45) is 0 Å². The van der Waals surface area contributed by atoms with Crippen molar-refractivity contribution in [1.82, 2.24) is 9.88 Å². The fourth-order valence-corrected chi connectivity index (χ4v) is 2.94. The number of nitro benzene ring substituents is 1. The minimum Gasteiger partial charge on any atom is -0.380 e. The average Bonchev–Trinajstić information content (AvgIpc) is 2.47. The van der Waals surface area contributed by atoms with Gasteiger partial charge in [-0.05, 0) is 32.5 Å². The Morgan fingerprint density at radius 3 is 3.05 bits per heavy atom. The van der Waals surface area contributed by atoms with Crippen LogP contribution in [0.25, 0.3) is 10.9 Å². The van der Waals surface area contributed by atoms with E-state index < -0.39 is 0 Å². The third kappa shape index (κ3) is 2.80. The number of anilines is 1. The van der Waals surface area contributed by atoms with Crippen molar-refractivity contribution in [3.63, 3.8) is 0 Å². The van der Waals surface area contributed by atoms with Gasteiger partial charge in [0.25, 0.3) is 5.69 Å². The van der Waals surface area contributed by atoms with E-state index in [1.54, 1.807) is 12.3 Å². The summed E-state index contributed by atoms with van der Waals surface area (Å²) in [5, 5.41) is 15.4. The lowest BCUT2D eigenvalue weighted by atomic mass is 10.1. The van der Waals surface area contributed by atoms with Crippen molar-refractivity contribution in [2.75, 3.05) is 25.5 Å². The molecule has 0 aliphatic carbocycles. The maximum atomic E-state index is 11.1. The van der Waals surface area contributed by atoms with Gasteiger partial charge in [0.15, 0.2) is 0 Å². The molecule has 1 aliphatic rings. The highest BCUT2D eigenvalue weighted by Gasteiger charge is 2.19. The van der Waals surface area contributed by atoms with Crippen LogP contribution in [0.2, 0.25) is 0 Å². The van der Waals surface area contributed by atoms with Crippen molar-refractivity contribution in [3.8, 4) is 0 Å². The molecule has 1 aliphatic heterocycles. The maximum absolute atomic E-state index is 11.1. The van der Waals surface area contributed by atoms with E-state index in [1.165, 1.54) is 6.07 Å².